The largest absolute Gasteiger partial charge is 0.322 e. The molecule has 0 radical (unpaired) electrons. The van der Waals surface area contributed by atoms with Crippen molar-refractivity contribution in [3.63, 3.8) is 0 Å². The first-order chi connectivity index (χ1) is 9.95. The van der Waals surface area contributed by atoms with Crippen LogP contribution in [-0.2, 0) is 4.79 Å². The maximum atomic E-state index is 11.8. The number of rotatable bonds is 4. The topological polar surface area (TPSA) is 85.1 Å². The average Bonchev–Trinajstić information content (AvgIpc) is 2.84. The molecule has 0 aliphatic rings. The van der Waals surface area contributed by atoms with Crippen LogP contribution in [0.2, 0.25) is 0 Å². The zero-order chi connectivity index (χ0) is 15.4. The van der Waals surface area contributed by atoms with Crippen LogP contribution in [0.3, 0.4) is 0 Å². The minimum atomic E-state index is -0.497. The molecule has 1 heterocycles. The molecule has 0 bridgehead atoms. The maximum absolute atomic E-state index is 11.8. The van der Waals surface area contributed by atoms with Crippen molar-refractivity contribution >= 4 is 34.7 Å². The predicted molar refractivity (Wildman–Crippen MR) is 82.3 cm³/mol. The molecule has 0 saturated heterocycles. The highest BCUT2D eigenvalue weighted by molar-refractivity contribution is 7.09. The van der Waals surface area contributed by atoms with Crippen molar-refractivity contribution in [1.82, 2.24) is 4.98 Å². The lowest BCUT2D eigenvalue weighted by molar-refractivity contribution is -0.384. The minimum Gasteiger partial charge on any atom is -0.322 e. The highest BCUT2D eigenvalue weighted by Gasteiger charge is 2.09. The molecule has 0 aliphatic carbocycles. The van der Waals surface area contributed by atoms with Gasteiger partial charge in [-0.3, -0.25) is 14.9 Å². The van der Waals surface area contributed by atoms with E-state index in [1.807, 2.05) is 12.3 Å². The third-order valence-electron chi connectivity index (χ3n) is 2.73. The van der Waals surface area contributed by atoms with Gasteiger partial charge in [-0.05, 0) is 25.5 Å². The van der Waals surface area contributed by atoms with Gasteiger partial charge in [-0.15, -0.1) is 11.3 Å². The number of thiazole rings is 1. The summed E-state index contributed by atoms with van der Waals surface area (Å²) in [6, 6.07) is 4.34. The molecule has 7 heteroatoms. The molecule has 0 unspecified atom stereocenters. The first-order valence-corrected chi connectivity index (χ1v) is 7.00. The summed E-state index contributed by atoms with van der Waals surface area (Å²) in [6.07, 6.45) is 2.96. The normalized spacial score (nSPS) is 10.8. The van der Waals surface area contributed by atoms with Gasteiger partial charge < -0.3 is 5.32 Å². The van der Waals surface area contributed by atoms with Gasteiger partial charge in [-0.25, -0.2) is 4.98 Å². The monoisotopic (exact) mass is 303 g/mol. The molecule has 6 nitrogen and oxygen atoms in total. The van der Waals surface area contributed by atoms with E-state index < -0.39 is 4.92 Å². The lowest BCUT2D eigenvalue weighted by Gasteiger charge is -2.05. The lowest BCUT2D eigenvalue weighted by Crippen LogP contribution is -2.09. The molecule has 2 rings (SSSR count). The molecule has 1 amide bonds. The van der Waals surface area contributed by atoms with Crippen molar-refractivity contribution in [2.75, 3.05) is 5.32 Å². The van der Waals surface area contributed by atoms with Crippen LogP contribution in [0, 0.1) is 24.0 Å². The smallest absolute Gasteiger partial charge is 0.271 e. The fourth-order valence-corrected chi connectivity index (χ4v) is 2.23. The Hall–Kier alpha value is -2.54. The molecular formula is C14H13N3O3S. The molecule has 21 heavy (non-hydrogen) atoms. The highest BCUT2D eigenvalue weighted by Crippen LogP contribution is 2.21. The van der Waals surface area contributed by atoms with E-state index in [4.69, 9.17) is 0 Å². The number of amides is 1. The Morgan fingerprint density at radius 1 is 1.43 bits per heavy atom. The second-order valence-corrected chi connectivity index (χ2v) is 5.43. The van der Waals surface area contributed by atoms with E-state index in [9.17, 15) is 14.9 Å². The number of carbonyl (C=O) groups is 1. The van der Waals surface area contributed by atoms with Crippen LogP contribution in [0.1, 0.15) is 16.3 Å². The summed E-state index contributed by atoms with van der Waals surface area (Å²) in [7, 11) is 0. The number of nitrogens with one attached hydrogen (secondary N) is 1. The summed E-state index contributed by atoms with van der Waals surface area (Å²) < 4.78 is 0. The van der Waals surface area contributed by atoms with E-state index >= 15 is 0 Å². The van der Waals surface area contributed by atoms with Gasteiger partial charge in [-0.1, -0.05) is 6.07 Å². The maximum Gasteiger partial charge on any atom is 0.271 e. The number of carbonyl (C=O) groups excluding carboxylic acids is 1. The zero-order valence-electron chi connectivity index (χ0n) is 11.5. The van der Waals surface area contributed by atoms with Gasteiger partial charge >= 0.3 is 0 Å². The second-order valence-electron chi connectivity index (χ2n) is 4.37. The van der Waals surface area contributed by atoms with Crippen molar-refractivity contribution in [1.29, 1.82) is 0 Å². The van der Waals surface area contributed by atoms with Gasteiger partial charge in [0.2, 0.25) is 5.91 Å². The van der Waals surface area contributed by atoms with Gasteiger partial charge in [-0.2, -0.15) is 0 Å². The quantitative estimate of drug-likeness (QED) is 0.533. The molecule has 0 fully saturated rings. The van der Waals surface area contributed by atoms with Crippen LogP contribution in [0.25, 0.3) is 6.08 Å². The molecule has 2 aromatic rings. The molecule has 108 valence electrons. The van der Waals surface area contributed by atoms with Crippen LogP contribution >= 0.6 is 11.3 Å². The molecule has 1 N–H and O–H groups in total. The number of nitrogens with zero attached hydrogens (tertiary/aromatic N) is 2. The number of aromatic nitrogens is 1. The molecule has 0 spiro atoms. The number of benzene rings is 1. The van der Waals surface area contributed by atoms with E-state index in [-0.39, 0.29) is 11.6 Å². The van der Waals surface area contributed by atoms with Gasteiger partial charge in [0.05, 0.1) is 21.3 Å². The highest BCUT2D eigenvalue weighted by atomic mass is 32.1. The van der Waals surface area contributed by atoms with Crippen molar-refractivity contribution in [3.8, 4) is 0 Å². The molecule has 0 saturated carbocycles. The van der Waals surface area contributed by atoms with Gasteiger partial charge in [0.15, 0.2) is 0 Å². The van der Waals surface area contributed by atoms with E-state index in [2.05, 4.69) is 10.3 Å². The predicted octanol–water partition coefficient (Wildman–Crippen LogP) is 3.32. The summed E-state index contributed by atoms with van der Waals surface area (Å²) in [4.78, 5) is 26.3. The van der Waals surface area contributed by atoms with E-state index in [1.54, 1.807) is 19.1 Å². The number of nitro groups is 1. The fraction of sp³-hybridized carbons (Fsp3) is 0.143. The fourth-order valence-electron chi connectivity index (χ4n) is 1.65. The number of non-ortho nitro benzene ring substituents is 1. The van der Waals surface area contributed by atoms with E-state index in [0.29, 0.717) is 11.4 Å². The molecular weight excluding hydrogens is 290 g/mol. The van der Waals surface area contributed by atoms with Crippen LogP contribution in [0.5, 0.6) is 0 Å². The van der Waals surface area contributed by atoms with E-state index in [1.165, 1.54) is 29.5 Å². The number of aryl methyl sites for hydroxylation is 2. The van der Waals surface area contributed by atoms with Crippen LogP contribution in [0.15, 0.2) is 29.7 Å². The summed E-state index contributed by atoms with van der Waals surface area (Å²) >= 11 is 1.50. The third kappa shape index (κ3) is 3.96. The summed E-state index contributed by atoms with van der Waals surface area (Å²) in [6.45, 7) is 3.65. The Bertz CT molecular complexity index is 722. The Morgan fingerprint density at radius 3 is 2.81 bits per heavy atom. The average molecular weight is 303 g/mol. The number of nitro benzene ring substituents is 1. The Labute approximate surface area is 125 Å². The molecule has 1 aromatic carbocycles. The van der Waals surface area contributed by atoms with E-state index in [0.717, 1.165) is 10.6 Å². The van der Waals surface area contributed by atoms with Gasteiger partial charge in [0.25, 0.3) is 5.69 Å². The van der Waals surface area contributed by atoms with Gasteiger partial charge in [0, 0.05) is 23.6 Å². The van der Waals surface area contributed by atoms with Crippen LogP contribution in [0.4, 0.5) is 11.4 Å². The molecule has 1 aromatic heterocycles. The third-order valence-corrected chi connectivity index (χ3v) is 3.52. The number of hydrogen-bond donors (Lipinski definition) is 1. The van der Waals surface area contributed by atoms with Crippen molar-refractivity contribution in [2.45, 2.75) is 13.8 Å². The first-order valence-electron chi connectivity index (χ1n) is 6.12. The van der Waals surface area contributed by atoms with Gasteiger partial charge in [0.1, 0.15) is 0 Å². The SMILES string of the molecule is Cc1nc(/C=C/C(=O)Nc2cc([N+](=O)[O-])ccc2C)cs1. The Balaban J connectivity index is 2.10. The standard InChI is InChI=1S/C14H13N3O3S/c1-9-3-5-12(17(19)20)7-13(9)16-14(18)6-4-11-8-21-10(2)15-11/h3-8H,1-2H3,(H,16,18)/b6-4+. The molecule has 0 atom stereocenters. The van der Waals surface area contributed by atoms with Crippen LogP contribution in [-0.4, -0.2) is 15.8 Å². The van der Waals surface area contributed by atoms with Crippen molar-refractivity contribution in [3.05, 3.63) is 56.0 Å². The Morgan fingerprint density at radius 2 is 2.19 bits per heavy atom. The zero-order valence-corrected chi connectivity index (χ0v) is 12.3. The lowest BCUT2D eigenvalue weighted by atomic mass is 10.2. The van der Waals surface area contributed by atoms with Crippen LogP contribution < -0.4 is 5.32 Å². The number of hydrogen-bond acceptors (Lipinski definition) is 5. The number of anilines is 1. The van der Waals surface area contributed by atoms with Crippen molar-refractivity contribution in [2.24, 2.45) is 0 Å². The summed E-state index contributed by atoms with van der Waals surface area (Å²) in [5, 5.41) is 16.1. The van der Waals surface area contributed by atoms with Crippen molar-refractivity contribution < 1.29 is 9.72 Å². The summed E-state index contributed by atoms with van der Waals surface area (Å²) in [5.74, 6) is -0.357. The summed E-state index contributed by atoms with van der Waals surface area (Å²) in [5.41, 5.74) is 1.83. The molecule has 0 aliphatic heterocycles. The second kappa shape index (κ2) is 6.27. The Kier molecular flexibility index (Phi) is 4.44. The minimum absolute atomic E-state index is 0.0602. The first kappa shape index (κ1) is 14.9.